The Morgan fingerprint density at radius 3 is 2.52 bits per heavy atom. The average Bonchev–Trinajstić information content (AvgIpc) is 2.55. The Labute approximate surface area is 140 Å². The number of hydrogen-bond donors (Lipinski definition) is 1. The molecule has 122 valence electrons. The van der Waals surface area contributed by atoms with Crippen molar-refractivity contribution in [1.29, 1.82) is 0 Å². The van der Waals surface area contributed by atoms with Crippen molar-refractivity contribution in [3.63, 3.8) is 0 Å². The van der Waals surface area contributed by atoms with E-state index >= 15 is 0 Å². The molecule has 0 fully saturated rings. The first-order valence-electron chi connectivity index (χ1n) is 7.48. The molecule has 1 amide bonds. The van der Waals surface area contributed by atoms with Gasteiger partial charge in [-0.1, -0.05) is 17.7 Å². The SMILES string of the molecule is Cc1ccc(OCCNC(=O)CCSc2ccc(F)cc2)cc1. The zero-order valence-electron chi connectivity index (χ0n) is 13.0. The molecule has 0 aliphatic rings. The van der Waals surface area contributed by atoms with E-state index in [9.17, 15) is 9.18 Å². The summed E-state index contributed by atoms with van der Waals surface area (Å²) < 4.78 is 18.3. The van der Waals surface area contributed by atoms with Crippen molar-refractivity contribution in [2.75, 3.05) is 18.9 Å². The summed E-state index contributed by atoms with van der Waals surface area (Å²) in [6, 6.07) is 14.1. The molecule has 0 heterocycles. The second-order valence-electron chi connectivity index (χ2n) is 5.06. The van der Waals surface area contributed by atoms with Crippen molar-refractivity contribution < 1.29 is 13.9 Å². The van der Waals surface area contributed by atoms with Crippen molar-refractivity contribution in [3.05, 3.63) is 59.9 Å². The van der Waals surface area contributed by atoms with Crippen molar-refractivity contribution in [2.45, 2.75) is 18.2 Å². The van der Waals surface area contributed by atoms with Crippen LogP contribution in [0.4, 0.5) is 4.39 Å². The van der Waals surface area contributed by atoms with E-state index < -0.39 is 0 Å². The largest absolute Gasteiger partial charge is 0.492 e. The lowest BCUT2D eigenvalue weighted by Crippen LogP contribution is -2.28. The van der Waals surface area contributed by atoms with Crippen LogP contribution in [-0.2, 0) is 4.79 Å². The predicted octanol–water partition coefficient (Wildman–Crippen LogP) is 3.81. The molecule has 0 bridgehead atoms. The van der Waals surface area contributed by atoms with E-state index in [-0.39, 0.29) is 11.7 Å². The normalized spacial score (nSPS) is 10.3. The van der Waals surface area contributed by atoms with Crippen LogP contribution in [0.1, 0.15) is 12.0 Å². The van der Waals surface area contributed by atoms with Gasteiger partial charge < -0.3 is 10.1 Å². The number of halogens is 1. The van der Waals surface area contributed by atoms with Crippen molar-refractivity contribution >= 4 is 17.7 Å². The highest BCUT2D eigenvalue weighted by atomic mass is 32.2. The zero-order chi connectivity index (χ0) is 16.5. The Balaban J connectivity index is 1.56. The summed E-state index contributed by atoms with van der Waals surface area (Å²) in [6.45, 7) is 2.95. The monoisotopic (exact) mass is 333 g/mol. The van der Waals surface area contributed by atoms with Crippen LogP contribution < -0.4 is 10.1 Å². The molecule has 3 nitrogen and oxygen atoms in total. The van der Waals surface area contributed by atoms with Gasteiger partial charge in [0.25, 0.3) is 0 Å². The number of hydrogen-bond acceptors (Lipinski definition) is 3. The lowest BCUT2D eigenvalue weighted by atomic mass is 10.2. The number of ether oxygens (including phenoxy) is 1. The highest BCUT2D eigenvalue weighted by molar-refractivity contribution is 7.99. The topological polar surface area (TPSA) is 38.3 Å². The Hall–Kier alpha value is -2.01. The molecule has 0 aliphatic heterocycles. The van der Waals surface area contributed by atoms with Gasteiger partial charge in [0, 0.05) is 17.1 Å². The average molecular weight is 333 g/mol. The summed E-state index contributed by atoms with van der Waals surface area (Å²) in [4.78, 5) is 12.7. The molecule has 0 radical (unpaired) electrons. The fourth-order valence-electron chi connectivity index (χ4n) is 1.87. The van der Waals surface area contributed by atoms with E-state index in [4.69, 9.17) is 4.74 Å². The van der Waals surface area contributed by atoms with Gasteiger partial charge in [0.15, 0.2) is 0 Å². The van der Waals surface area contributed by atoms with Crippen molar-refractivity contribution in [1.82, 2.24) is 5.32 Å². The predicted molar refractivity (Wildman–Crippen MR) is 91.4 cm³/mol. The molecule has 0 unspecified atom stereocenters. The molecule has 1 N–H and O–H groups in total. The first-order valence-corrected chi connectivity index (χ1v) is 8.46. The number of rotatable bonds is 8. The van der Waals surface area contributed by atoms with E-state index in [0.29, 0.717) is 25.3 Å². The molecule has 23 heavy (non-hydrogen) atoms. The maximum absolute atomic E-state index is 12.8. The number of nitrogens with one attached hydrogen (secondary N) is 1. The molecule has 0 atom stereocenters. The molecule has 0 saturated heterocycles. The minimum absolute atomic E-state index is 0.00730. The van der Waals surface area contributed by atoms with Gasteiger partial charge in [-0.3, -0.25) is 4.79 Å². The zero-order valence-corrected chi connectivity index (χ0v) is 13.9. The number of carbonyl (C=O) groups is 1. The van der Waals surface area contributed by atoms with E-state index in [0.717, 1.165) is 10.6 Å². The molecule has 0 aromatic heterocycles. The lowest BCUT2D eigenvalue weighted by molar-refractivity contribution is -0.120. The molecule has 0 aliphatic carbocycles. The highest BCUT2D eigenvalue weighted by Crippen LogP contribution is 2.18. The minimum atomic E-state index is -0.249. The third-order valence-electron chi connectivity index (χ3n) is 3.13. The van der Waals surface area contributed by atoms with Crippen LogP contribution in [0.2, 0.25) is 0 Å². The summed E-state index contributed by atoms with van der Waals surface area (Å²) in [7, 11) is 0. The first kappa shape index (κ1) is 17.3. The van der Waals surface area contributed by atoms with E-state index in [1.807, 2.05) is 31.2 Å². The fraction of sp³-hybridized carbons (Fsp3) is 0.278. The molecular formula is C18H20FNO2S. The van der Waals surface area contributed by atoms with Gasteiger partial charge in [-0.05, 0) is 43.3 Å². The summed E-state index contributed by atoms with van der Waals surface area (Å²) in [5.41, 5.74) is 1.18. The van der Waals surface area contributed by atoms with Gasteiger partial charge >= 0.3 is 0 Å². The first-order chi connectivity index (χ1) is 11.1. The van der Waals surface area contributed by atoms with Gasteiger partial charge in [0.05, 0.1) is 6.54 Å². The third kappa shape index (κ3) is 6.74. The summed E-state index contributed by atoms with van der Waals surface area (Å²) in [6.07, 6.45) is 0.423. The number of carbonyl (C=O) groups excluding carboxylic acids is 1. The van der Waals surface area contributed by atoms with Crippen molar-refractivity contribution in [3.8, 4) is 5.75 Å². The maximum atomic E-state index is 12.8. The lowest BCUT2D eigenvalue weighted by Gasteiger charge is -2.08. The number of benzene rings is 2. The van der Waals surface area contributed by atoms with Crippen LogP contribution in [0.5, 0.6) is 5.75 Å². The molecular weight excluding hydrogens is 313 g/mol. The van der Waals surface area contributed by atoms with Gasteiger partial charge in [-0.15, -0.1) is 11.8 Å². The summed E-state index contributed by atoms with van der Waals surface area (Å²) in [5, 5.41) is 2.82. The quantitative estimate of drug-likeness (QED) is 0.590. The van der Waals surface area contributed by atoms with Crippen molar-refractivity contribution in [2.24, 2.45) is 0 Å². The maximum Gasteiger partial charge on any atom is 0.220 e. The van der Waals surface area contributed by atoms with Crippen LogP contribution in [0.15, 0.2) is 53.4 Å². The molecule has 2 aromatic rings. The number of amides is 1. The Morgan fingerprint density at radius 2 is 1.83 bits per heavy atom. The fourth-order valence-corrected chi connectivity index (χ4v) is 2.73. The van der Waals surface area contributed by atoms with Crippen LogP contribution in [-0.4, -0.2) is 24.8 Å². The standard InChI is InChI=1S/C18H20FNO2S/c1-14-2-6-16(7-3-14)22-12-11-20-18(21)10-13-23-17-8-4-15(19)5-9-17/h2-9H,10-13H2,1H3,(H,20,21). The van der Waals surface area contributed by atoms with Crippen LogP contribution in [0, 0.1) is 12.7 Å². The van der Waals surface area contributed by atoms with Crippen LogP contribution in [0.3, 0.4) is 0 Å². The summed E-state index contributed by atoms with van der Waals surface area (Å²) in [5.74, 6) is 1.21. The highest BCUT2D eigenvalue weighted by Gasteiger charge is 2.02. The van der Waals surface area contributed by atoms with Gasteiger partial charge in [0.1, 0.15) is 18.2 Å². The third-order valence-corrected chi connectivity index (χ3v) is 4.14. The minimum Gasteiger partial charge on any atom is -0.492 e. The second-order valence-corrected chi connectivity index (χ2v) is 6.23. The van der Waals surface area contributed by atoms with E-state index in [2.05, 4.69) is 5.32 Å². The van der Waals surface area contributed by atoms with E-state index in [1.54, 1.807) is 12.1 Å². The molecule has 2 aromatic carbocycles. The van der Waals surface area contributed by atoms with Crippen LogP contribution in [0.25, 0.3) is 0 Å². The Morgan fingerprint density at radius 1 is 1.13 bits per heavy atom. The summed E-state index contributed by atoms with van der Waals surface area (Å²) >= 11 is 1.54. The van der Waals surface area contributed by atoms with Gasteiger partial charge in [0.2, 0.25) is 5.91 Å². The molecule has 5 heteroatoms. The second kappa shape index (κ2) is 9.20. The van der Waals surface area contributed by atoms with E-state index in [1.165, 1.54) is 29.5 Å². The molecule has 2 rings (SSSR count). The number of aryl methyl sites for hydroxylation is 1. The van der Waals surface area contributed by atoms with Gasteiger partial charge in [-0.2, -0.15) is 0 Å². The number of thioether (sulfide) groups is 1. The Bertz CT molecular complexity index is 614. The molecule has 0 spiro atoms. The smallest absolute Gasteiger partial charge is 0.220 e. The molecule has 0 saturated carbocycles. The van der Waals surface area contributed by atoms with Gasteiger partial charge in [-0.25, -0.2) is 4.39 Å². The Kier molecular flexibility index (Phi) is 6.94. The van der Waals surface area contributed by atoms with Crippen LogP contribution >= 0.6 is 11.8 Å².